The Morgan fingerprint density at radius 3 is 2.41 bits per heavy atom. The van der Waals surface area contributed by atoms with E-state index in [0.29, 0.717) is 18.3 Å². The van der Waals surface area contributed by atoms with E-state index in [2.05, 4.69) is 15.5 Å². The molecule has 0 aliphatic heterocycles. The third kappa shape index (κ3) is 3.72. The Morgan fingerprint density at radius 1 is 0.955 bits per heavy atom. The topological polar surface area (TPSA) is 51.0 Å². The molecule has 0 saturated heterocycles. The highest BCUT2D eigenvalue weighted by Crippen LogP contribution is 2.18. The van der Waals surface area contributed by atoms with Crippen molar-refractivity contribution in [3.8, 4) is 11.5 Å². The van der Waals surface area contributed by atoms with Gasteiger partial charge in [-0.3, -0.25) is 0 Å². The second-order valence-corrected chi connectivity index (χ2v) is 5.53. The van der Waals surface area contributed by atoms with Gasteiger partial charge in [0.2, 0.25) is 11.8 Å². The lowest BCUT2D eigenvalue weighted by atomic mass is 10.1. The molecular weight excluding hydrogens is 298 g/mol. The lowest BCUT2D eigenvalue weighted by molar-refractivity contribution is 0.477. The standard InChI is InChI=1S/C17H16ClN3O/c1-12-2-6-14(7-3-12)17-21-20-16(22-17)11-19-10-13-4-8-15(18)9-5-13/h2-9,19H,10-11H2,1H3. The average molecular weight is 314 g/mol. The van der Waals surface area contributed by atoms with E-state index in [-0.39, 0.29) is 0 Å². The SMILES string of the molecule is Cc1ccc(-c2nnc(CNCc3ccc(Cl)cc3)o2)cc1. The van der Waals surface area contributed by atoms with Gasteiger partial charge in [0.1, 0.15) is 0 Å². The Bertz CT molecular complexity index is 735. The van der Waals surface area contributed by atoms with Crippen LogP contribution in [0.15, 0.2) is 52.9 Å². The number of hydrogen-bond acceptors (Lipinski definition) is 4. The van der Waals surface area contributed by atoms with E-state index in [0.717, 1.165) is 22.7 Å². The molecule has 0 radical (unpaired) electrons. The number of hydrogen-bond donors (Lipinski definition) is 1. The van der Waals surface area contributed by atoms with E-state index in [9.17, 15) is 0 Å². The Balaban J connectivity index is 1.57. The third-order valence-electron chi connectivity index (χ3n) is 3.28. The highest BCUT2D eigenvalue weighted by Gasteiger charge is 2.07. The summed E-state index contributed by atoms with van der Waals surface area (Å²) in [6.45, 7) is 3.30. The van der Waals surface area contributed by atoms with Gasteiger partial charge in [-0.25, -0.2) is 0 Å². The van der Waals surface area contributed by atoms with Crippen molar-refractivity contribution in [3.63, 3.8) is 0 Å². The molecule has 1 N–H and O–H groups in total. The van der Waals surface area contributed by atoms with Crippen molar-refractivity contribution >= 4 is 11.6 Å². The van der Waals surface area contributed by atoms with Crippen LogP contribution in [-0.2, 0) is 13.1 Å². The molecule has 0 saturated carbocycles. The normalized spacial score (nSPS) is 10.8. The predicted octanol–water partition coefficient (Wildman–Crippen LogP) is 3.99. The van der Waals surface area contributed by atoms with Crippen LogP contribution in [0.4, 0.5) is 0 Å². The number of halogens is 1. The minimum Gasteiger partial charge on any atom is -0.419 e. The molecule has 3 aromatic rings. The van der Waals surface area contributed by atoms with Crippen molar-refractivity contribution in [1.29, 1.82) is 0 Å². The molecule has 5 heteroatoms. The zero-order valence-corrected chi connectivity index (χ0v) is 13.0. The second kappa shape index (κ2) is 6.73. The molecule has 112 valence electrons. The van der Waals surface area contributed by atoms with E-state index in [1.807, 2.05) is 55.5 Å². The van der Waals surface area contributed by atoms with Crippen LogP contribution in [0.5, 0.6) is 0 Å². The summed E-state index contributed by atoms with van der Waals surface area (Å²) >= 11 is 5.86. The van der Waals surface area contributed by atoms with Crippen molar-refractivity contribution in [2.75, 3.05) is 0 Å². The molecule has 1 aromatic heterocycles. The molecule has 0 bridgehead atoms. The smallest absolute Gasteiger partial charge is 0.247 e. The van der Waals surface area contributed by atoms with Crippen molar-refractivity contribution in [2.24, 2.45) is 0 Å². The van der Waals surface area contributed by atoms with Gasteiger partial charge in [-0.15, -0.1) is 10.2 Å². The first-order chi connectivity index (χ1) is 10.7. The largest absolute Gasteiger partial charge is 0.419 e. The van der Waals surface area contributed by atoms with Crippen molar-refractivity contribution < 1.29 is 4.42 Å². The summed E-state index contributed by atoms with van der Waals surface area (Å²) in [5, 5.41) is 12.2. The lowest BCUT2D eigenvalue weighted by Crippen LogP contribution is -2.12. The van der Waals surface area contributed by atoms with Gasteiger partial charge in [-0.05, 0) is 36.8 Å². The first kappa shape index (κ1) is 14.8. The van der Waals surface area contributed by atoms with Gasteiger partial charge < -0.3 is 9.73 Å². The molecule has 2 aromatic carbocycles. The molecule has 1 heterocycles. The van der Waals surface area contributed by atoms with Crippen LogP contribution in [-0.4, -0.2) is 10.2 Å². The van der Waals surface area contributed by atoms with Crippen LogP contribution in [0, 0.1) is 6.92 Å². The van der Waals surface area contributed by atoms with Crippen LogP contribution >= 0.6 is 11.6 Å². The van der Waals surface area contributed by atoms with Gasteiger partial charge in [0.05, 0.1) is 6.54 Å². The highest BCUT2D eigenvalue weighted by molar-refractivity contribution is 6.30. The first-order valence-electron chi connectivity index (χ1n) is 7.05. The Morgan fingerprint density at radius 2 is 1.68 bits per heavy atom. The Labute approximate surface area is 134 Å². The number of rotatable bonds is 5. The summed E-state index contributed by atoms with van der Waals surface area (Å²) in [4.78, 5) is 0. The summed E-state index contributed by atoms with van der Waals surface area (Å²) in [5.74, 6) is 1.12. The molecule has 0 amide bonds. The maximum atomic E-state index is 5.86. The highest BCUT2D eigenvalue weighted by atomic mass is 35.5. The first-order valence-corrected chi connectivity index (χ1v) is 7.43. The van der Waals surface area contributed by atoms with E-state index >= 15 is 0 Å². The summed E-state index contributed by atoms with van der Waals surface area (Å²) in [5.41, 5.74) is 3.29. The Kier molecular flexibility index (Phi) is 4.51. The maximum absolute atomic E-state index is 5.86. The molecule has 22 heavy (non-hydrogen) atoms. The summed E-state index contributed by atoms with van der Waals surface area (Å²) in [6, 6.07) is 15.7. The average Bonchev–Trinajstić information content (AvgIpc) is 2.99. The van der Waals surface area contributed by atoms with Crippen molar-refractivity contribution in [2.45, 2.75) is 20.0 Å². The summed E-state index contributed by atoms with van der Waals surface area (Å²) in [6.07, 6.45) is 0. The number of nitrogens with one attached hydrogen (secondary N) is 1. The van der Waals surface area contributed by atoms with Crippen LogP contribution < -0.4 is 5.32 Å². The fraction of sp³-hybridized carbons (Fsp3) is 0.176. The fourth-order valence-corrected chi connectivity index (χ4v) is 2.18. The number of nitrogens with zero attached hydrogens (tertiary/aromatic N) is 2. The van der Waals surface area contributed by atoms with Crippen LogP contribution in [0.25, 0.3) is 11.5 Å². The third-order valence-corrected chi connectivity index (χ3v) is 3.54. The van der Waals surface area contributed by atoms with Gasteiger partial charge in [-0.1, -0.05) is 41.4 Å². The molecule has 0 aliphatic rings. The fourth-order valence-electron chi connectivity index (χ4n) is 2.05. The molecule has 0 aliphatic carbocycles. The number of benzene rings is 2. The molecule has 0 fully saturated rings. The minimum atomic E-state index is 0.529. The summed E-state index contributed by atoms with van der Waals surface area (Å²) in [7, 11) is 0. The second-order valence-electron chi connectivity index (χ2n) is 5.10. The predicted molar refractivity (Wildman–Crippen MR) is 86.5 cm³/mol. The molecular formula is C17H16ClN3O. The number of aromatic nitrogens is 2. The van der Waals surface area contributed by atoms with E-state index in [1.165, 1.54) is 5.56 Å². The molecule has 0 unspecified atom stereocenters. The molecule has 0 spiro atoms. The Hall–Kier alpha value is -2.17. The van der Waals surface area contributed by atoms with Gasteiger partial charge in [0.15, 0.2) is 0 Å². The maximum Gasteiger partial charge on any atom is 0.247 e. The zero-order chi connectivity index (χ0) is 15.4. The van der Waals surface area contributed by atoms with Crippen molar-refractivity contribution in [3.05, 3.63) is 70.6 Å². The van der Waals surface area contributed by atoms with Crippen molar-refractivity contribution in [1.82, 2.24) is 15.5 Å². The quantitative estimate of drug-likeness (QED) is 0.774. The van der Waals surface area contributed by atoms with Gasteiger partial charge >= 0.3 is 0 Å². The van der Waals surface area contributed by atoms with Crippen LogP contribution in [0.3, 0.4) is 0 Å². The van der Waals surface area contributed by atoms with Gasteiger partial charge in [0.25, 0.3) is 0 Å². The lowest BCUT2D eigenvalue weighted by Gasteiger charge is -2.02. The molecule has 0 atom stereocenters. The molecule has 4 nitrogen and oxygen atoms in total. The summed E-state index contributed by atoms with van der Waals surface area (Å²) < 4.78 is 5.66. The van der Waals surface area contributed by atoms with E-state index in [1.54, 1.807) is 0 Å². The van der Waals surface area contributed by atoms with Crippen LogP contribution in [0.2, 0.25) is 5.02 Å². The van der Waals surface area contributed by atoms with Crippen LogP contribution in [0.1, 0.15) is 17.0 Å². The zero-order valence-electron chi connectivity index (χ0n) is 12.2. The van der Waals surface area contributed by atoms with Gasteiger partial charge in [-0.2, -0.15) is 0 Å². The number of aryl methyl sites for hydroxylation is 1. The monoisotopic (exact) mass is 313 g/mol. The molecule has 3 rings (SSSR count). The van der Waals surface area contributed by atoms with Gasteiger partial charge in [0, 0.05) is 17.1 Å². The van der Waals surface area contributed by atoms with E-state index in [4.69, 9.17) is 16.0 Å². The van der Waals surface area contributed by atoms with E-state index < -0.39 is 0 Å². The minimum absolute atomic E-state index is 0.529.